The number of thioether (sulfide) groups is 1. The second-order valence-electron chi connectivity index (χ2n) is 3.03. The van der Waals surface area contributed by atoms with Crippen LogP contribution in [0.2, 0.25) is 0 Å². The Morgan fingerprint density at radius 3 is 3.00 bits per heavy atom. The Balaban J connectivity index is 2.06. The first-order valence-corrected chi connectivity index (χ1v) is 5.73. The maximum Gasteiger partial charge on any atom is 0.0521 e. The zero-order valence-electron chi connectivity index (χ0n) is 8.07. The summed E-state index contributed by atoms with van der Waals surface area (Å²) >= 11 is 1.96. The first kappa shape index (κ1) is 10.6. The summed E-state index contributed by atoms with van der Waals surface area (Å²) in [6.07, 6.45) is 6.24. The van der Waals surface area contributed by atoms with Crippen molar-refractivity contribution in [1.82, 2.24) is 9.78 Å². The molecule has 0 spiro atoms. The van der Waals surface area contributed by atoms with Gasteiger partial charge in [0.05, 0.1) is 6.20 Å². The van der Waals surface area contributed by atoms with Crippen molar-refractivity contribution in [3.63, 3.8) is 0 Å². The van der Waals surface area contributed by atoms with Crippen LogP contribution in [0.3, 0.4) is 0 Å². The van der Waals surface area contributed by atoms with E-state index < -0.39 is 0 Å². The van der Waals surface area contributed by atoms with Crippen LogP contribution in [-0.2, 0) is 13.5 Å². The fourth-order valence-corrected chi connectivity index (χ4v) is 2.03. The van der Waals surface area contributed by atoms with Gasteiger partial charge in [-0.25, -0.2) is 0 Å². The molecule has 1 rings (SSSR count). The Morgan fingerprint density at radius 2 is 2.38 bits per heavy atom. The van der Waals surface area contributed by atoms with Gasteiger partial charge >= 0.3 is 0 Å². The van der Waals surface area contributed by atoms with Crippen LogP contribution in [0, 0.1) is 0 Å². The lowest BCUT2D eigenvalue weighted by Gasteiger charge is -1.97. The fraction of sp³-hybridized carbons (Fsp3) is 0.667. The van der Waals surface area contributed by atoms with Crippen molar-refractivity contribution in [3.8, 4) is 0 Å². The summed E-state index contributed by atoms with van der Waals surface area (Å²) in [7, 11) is 1.95. The maximum absolute atomic E-state index is 5.40. The van der Waals surface area contributed by atoms with E-state index in [9.17, 15) is 0 Å². The first-order chi connectivity index (χ1) is 6.33. The van der Waals surface area contributed by atoms with Crippen molar-refractivity contribution in [2.75, 3.05) is 18.1 Å². The molecule has 1 heterocycles. The molecule has 0 fully saturated rings. The zero-order chi connectivity index (χ0) is 9.52. The second-order valence-corrected chi connectivity index (χ2v) is 4.25. The second kappa shape index (κ2) is 6.05. The number of aromatic nitrogens is 2. The molecule has 0 amide bonds. The summed E-state index contributed by atoms with van der Waals surface area (Å²) in [5.41, 5.74) is 6.72. The number of hydrogen-bond donors (Lipinski definition) is 1. The molecule has 0 radical (unpaired) electrons. The third-order valence-corrected chi connectivity index (χ3v) is 2.86. The predicted molar refractivity (Wildman–Crippen MR) is 57.9 cm³/mol. The highest BCUT2D eigenvalue weighted by Crippen LogP contribution is 2.06. The van der Waals surface area contributed by atoms with Crippen molar-refractivity contribution in [2.24, 2.45) is 12.8 Å². The molecule has 0 atom stereocenters. The van der Waals surface area contributed by atoms with Crippen LogP contribution >= 0.6 is 11.8 Å². The van der Waals surface area contributed by atoms with Crippen molar-refractivity contribution in [1.29, 1.82) is 0 Å². The molecular formula is C9H17N3S. The minimum absolute atomic E-state index is 0.805. The van der Waals surface area contributed by atoms with Gasteiger partial charge in [-0.15, -0.1) is 0 Å². The molecule has 1 aromatic rings. The molecule has 3 nitrogen and oxygen atoms in total. The van der Waals surface area contributed by atoms with Crippen LogP contribution in [0.4, 0.5) is 0 Å². The summed E-state index contributed by atoms with van der Waals surface area (Å²) in [5, 5.41) is 4.12. The van der Waals surface area contributed by atoms with Gasteiger partial charge in [-0.2, -0.15) is 16.9 Å². The first-order valence-electron chi connectivity index (χ1n) is 4.58. The number of hydrogen-bond acceptors (Lipinski definition) is 3. The molecular weight excluding hydrogens is 182 g/mol. The Hall–Kier alpha value is -0.480. The Kier molecular flexibility index (Phi) is 4.93. The highest BCUT2D eigenvalue weighted by Gasteiger charge is 1.95. The highest BCUT2D eigenvalue weighted by atomic mass is 32.2. The molecule has 0 saturated heterocycles. The van der Waals surface area contributed by atoms with Gasteiger partial charge in [0.15, 0.2) is 0 Å². The van der Waals surface area contributed by atoms with Gasteiger partial charge in [-0.1, -0.05) is 0 Å². The summed E-state index contributed by atoms with van der Waals surface area (Å²) in [5.74, 6) is 2.35. The van der Waals surface area contributed by atoms with E-state index in [1.54, 1.807) is 0 Å². The van der Waals surface area contributed by atoms with Crippen molar-refractivity contribution >= 4 is 11.8 Å². The predicted octanol–water partition coefficient (Wildman–Crippen LogP) is 1.04. The Bertz CT molecular complexity index is 235. The van der Waals surface area contributed by atoms with Crippen molar-refractivity contribution in [3.05, 3.63) is 18.0 Å². The van der Waals surface area contributed by atoms with E-state index in [-0.39, 0.29) is 0 Å². The monoisotopic (exact) mass is 199 g/mol. The smallest absolute Gasteiger partial charge is 0.0521 e. The third-order valence-electron chi connectivity index (χ3n) is 1.79. The van der Waals surface area contributed by atoms with Crippen molar-refractivity contribution in [2.45, 2.75) is 12.8 Å². The van der Waals surface area contributed by atoms with E-state index in [0.29, 0.717) is 0 Å². The van der Waals surface area contributed by atoms with Crippen LogP contribution in [-0.4, -0.2) is 27.8 Å². The van der Waals surface area contributed by atoms with E-state index in [2.05, 4.69) is 11.3 Å². The molecule has 0 aromatic carbocycles. The van der Waals surface area contributed by atoms with Crippen molar-refractivity contribution < 1.29 is 0 Å². The number of nitrogens with zero attached hydrogens (tertiary/aromatic N) is 2. The van der Waals surface area contributed by atoms with Gasteiger partial charge in [0, 0.05) is 13.2 Å². The summed E-state index contributed by atoms with van der Waals surface area (Å²) in [4.78, 5) is 0. The standard InChI is InChI=1S/C9H17N3S/c1-12-8-9(7-11-12)3-6-13-5-2-4-10/h7-8H,2-6,10H2,1H3. The van der Waals surface area contributed by atoms with Crippen LogP contribution in [0.15, 0.2) is 12.4 Å². The van der Waals surface area contributed by atoms with Crippen LogP contribution in [0.1, 0.15) is 12.0 Å². The quantitative estimate of drug-likeness (QED) is 0.696. The lowest BCUT2D eigenvalue weighted by molar-refractivity contribution is 0.767. The average molecular weight is 199 g/mol. The van der Waals surface area contributed by atoms with Crippen LogP contribution in [0.25, 0.3) is 0 Å². The topological polar surface area (TPSA) is 43.8 Å². The molecule has 0 aliphatic carbocycles. The minimum Gasteiger partial charge on any atom is -0.330 e. The van der Waals surface area contributed by atoms with E-state index in [1.165, 1.54) is 17.1 Å². The van der Waals surface area contributed by atoms with Gasteiger partial charge in [-0.3, -0.25) is 4.68 Å². The lowest BCUT2D eigenvalue weighted by atomic mass is 10.3. The molecule has 4 heteroatoms. The molecule has 1 aromatic heterocycles. The molecule has 2 N–H and O–H groups in total. The number of aryl methyl sites for hydroxylation is 2. The van der Waals surface area contributed by atoms with Gasteiger partial charge in [0.2, 0.25) is 0 Å². The summed E-state index contributed by atoms with van der Waals surface area (Å²) < 4.78 is 1.85. The van der Waals surface area contributed by atoms with E-state index in [1.807, 2.05) is 29.7 Å². The number of nitrogens with two attached hydrogens (primary N) is 1. The van der Waals surface area contributed by atoms with Crippen LogP contribution < -0.4 is 5.73 Å². The average Bonchev–Trinajstić information content (AvgIpc) is 2.51. The Morgan fingerprint density at radius 1 is 1.54 bits per heavy atom. The molecule has 74 valence electrons. The zero-order valence-corrected chi connectivity index (χ0v) is 8.89. The SMILES string of the molecule is Cn1cc(CCSCCCN)cn1. The van der Waals surface area contributed by atoms with Gasteiger partial charge < -0.3 is 5.73 Å². The van der Waals surface area contributed by atoms with Crippen LogP contribution in [0.5, 0.6) is 0 Å². The highest BCUT2D eigenvalue weighted by molar-refractivity contribution is 7.99. The molecule has 0 aliphatic heterocycles. The minimum atomic E-state index is 0.805. The summed E-state index contributed by atoms with van der Waals surface area (Å²) in [6, 6.07) is 0. The van der Waals surface area contributed by atoms with E-state index >= 15 is 0 Å². The Labute approximate surface area is 83.7 Å². The fourth-order valence-electron chi connectivity index (χ4n) is 1.08. The molecule has 0 aliphatic rings. The normalized spacial score (nSPS) is 10.6. The summed E-state index contributed by atoms with van der Waals surface area (Å²) in [6.45, 7) is 0.805. The third kappa shape index (κ3) is 4.33. The van der Waals surface area contributed by atoms with Gasteiger partial charge in [0.1, 0.15) is 0 Å². The molecule has 13 heavy (non-hydrogen) atoms. The van der Waals surface area contributed by atoms with E-state index in [0.717, 1.165) is 19.4 Å². The largest absolute Gasteiger partial charge is 0.330 e. The van der Waals surface area contributed by atoms with Gasteiger partial charge in [-0.05, 0) is 36.5 Å². The molecule has 0 unspecified atom stereocenters. The van der Waals surface area contributed by atoms with Gasteiger partial charge in [0.25, 0.3) is 0 Å². The maximum atomic E-state index is 5.40. The molecule has 0 bridgehead atoms. The molecule has 0 saturated carbocycles. The number of rotatable bonds is 6. The van der Waals surface area contributed by atoms with E-state index in [4.69, 9.17) is 5.73 Å². The lowest BCUT2D eigenvalue weighted by Crippen LogP contribution is -2.00.